The predicted octanol–water partition coefficient (Wildman–Crippen LogP) is 3.51. The van der Waals surface area contributed by atoms with Gasteiger partial charge in [0.15, 0.2) is 0 Å². The van der Waals surface area contributed by atoms with Crippen molar-refractivity contribution in [3.63, 3.8) is 0 Å². The minimum Gasteiger partial charge on any atom is -0.497 e. The van der Waals surface area contributed by atoms with Crippen LogP contribution in [-0.2, 0) is 17.9 Å². The number of amides is 1. The van der Waals surface area contributed by atoms with E-state index in [1.807, 2.05) is 65.4 Å². The summed E-state index contributed by atoms with van der Waals surface area (Å²) in [5, 5.41) is 13.2. The normalized spacial score (nSPS) is 10.9. The molecule has 3 rings (SSSR count). The highest BCUT2D eigenvalue weighted by atomic mass is 16.5. The van der Waals surface area contributed by atoms with Crippen molar-refractivity contribution in [1.29, 1.82) is 5.26 Å². The third kappa shape index (κ3) is 4.06. The molecule has 2 aromatic carbocycles. The fourth-order valence-corrected chi connectivity index (χ4v) is 2.94. The minimum absolute atomic E-state index is 0.0390. The fraction of sp³-hybridized carbons (Fsp3) is 0.130. The lowest BCUT2D eigenvalue weighted by molar-refractivity contribution is -0.117. The van der Waals surface area contributed by atoms with E-state index in [1.54, 1.807) is 13.2 Å². The number of rotatable bonds is 6. The molecule has 0 fully saturated rings. The molecular weight excluding hydrogens is 350 g/mol. The molecule has 1 N–H and O–H groups in total. The highest BCUT2D eigenvalue weighted by Gasteiger charge is 2.12. The Morgan fingerprint density at radius 3 is 2.68 bits per heavy atom. The van der Waals surface area contributed by atoms with Crippen molar-refractivity contribution >= 4 is 22.9 Å². The van der Waals surface area contributed by atoms with Gasteiger partial charge >= 0.3 is 0 Å². The summed E-state index contributed by atoms with van der Waals surface area (Å²) < 4.78 is 7.04. The number of fused-ring (bicyclic) bond motifs is 1. The van der Waals surface area contributed by atoms with Crippen molar-refractivity contribution in [2.75, 3.05) is 7.11 Å². The van der Waals surface area contributed by atoms with Gasteiger partial charge < -0.3 is 14.6 Å². The van der Waals surface area contributed by atoms with Gasteiger partial charge in [-0.05, 0) is 29.8 Å². The zero-order valence-corrected chi connectivity index (χ0v) is 15.5. The summed E-state index contributed by atoms with van der Waals surface area (Å²) in [5.74, 6) is 2.94. The van der Waals surface area contributed by atoms with E-state index in [1.165, 1.54) is 0 Å². The molecule has 0 spiro atoms. The zero-order valence-electron chi connectivity index (χ0n) is 15.5. The molecule has 1 aromatic heterocycles. The molecule has 138 valence electrons. The lowest BCUT2D eigenvalue weighted by Crippen LogP contribution is -2.23. The Morgan fingerprint density at radius 2 is 2.00 bits per heavy atom. The summed E-state index contributed by atoms with van der Waals surface area (Å²) in [4.78, 5) is 12.5. The van der Waals surface area contributed by atoms with Crippen LogP contribution in [0.15, 0.2) is 60.3 Å². The Balaban J connectivity index is 1.81. The summed E-state index contributed by atoms with van der Waals surface area (Å²) >= 11 is 0. The van der Waals surface area contributed by atoms with Gasteiger partial charge in [-0.1, -0.05) is 36.3 Å². The number of hydrogen-bond donors (Lipinski definition) is 1. The molecule has 3 aromatic rings. The number of hydrogen-bond acceptors (Lipinski definition) is 3. The van der Waals surface area contributed by atoms with Gasteiger partial charge in [0.05, 0.1) is 13.7 Å². The average Bonchev–Trinajstić information content (AvgIpc) is 3.08. The van der Waals surface area contributed by atoms with Crippen LogP contribution in [0.3, 0.4) is 0 Å². The first-order valence-electron chi connectivity index (χ1n) is 8.70. The maximum Gasteiger partial charge on any atom is 0.262 e. The summed E-state index contributed by atoms with van der Waals surface area (Å²) in [6.45, 7) is 0.737. The second-order valence-corrected chi connectivity index (χ2v) is 6.13. The largest absolute Gasteiger partial charge is 0.497 e. The Morgan fingerprint density at radius 1 is 1.25 bits per heavy atom. The fourth-order valence-electron chi connectivity index (χ4n) is 2.94. The van der Waals surface area contributed by atoms with Crippen molar-refractivity contribution in [3.8, 4) is 24.2 Å². The molecule has 1 heterocycles. The first-order chi connectivity index (χ1) is 13.7. The summed E-state index contributed by atoms with van der Waals surface area (Å²) in [6.07, 6.45) is 8.89. The number of aromatic nitrogens is 1. The van der Waals surface area contributed by atoms with E-state index in [0.29, 0.717) is 13.1 Å². The molecule has 0 aliphatic heterocycles. The molecule has 28 heavy (non-hydrogen) atoms. The zero-order chi connectivity index (χ0) is 19.9. The molecule has 5 heteroatoms. The predicted molar refractivity (Wildman–Crippen MR) is 109 cm³/mol. The Kier molecular flexibility index (Phi) is 5.79. The van der Waals surface area contributed by atoms with E-state index in [2.05, 4.69) is 11.2 Å². The molecule has 0 radical (unpaired) electrons. The number of benzene rings is 2. The van der Waals surface area contributed by atoms with Crippen molar-refractivity contribution in [2.24, 2.45) is 0 Å². The summed E-state index contributed by atoms with van der Waals surface area (Å²) in [5.41, 5.74) is 2.69. The van der Waals surface area contributed by atoms with Crippen LogP contribution >= 0.6 is 0 Å². The molecule has 0 saturated heterocycles. The molecule has 0 unspecified atom stereocenters. The monoisotopic (exact) mass is 369 g/mol. The van der Waals surface area contributed by atoms with Crippen molar-refractivity contribution in [2.45, 2.75) is 13.1 Å². The molecule has 0 atom stereocenters. The smallest absolute Gasteiger partial charge is 0.262 e. The van der Waals surface area contributed by atoms with Crippen LogP contribution in [0, 0.1) is 23.7 Å². The lowest BCUT2D eigenvalue weighted by Gasteiger charge is -2.05. The quantitative estimate of drug-likeness (QED) is 0.411. The first-order valence-corrected chi connectivity index (χ1v) is 8.70. The van der Waals surface area contributed by atoms with Gasteiger partial charge in [-0.25, -0.2) is 0 Å². The Bertz CT molecular complexity index is 1110. The van der Waals surface area contributed by atoms with Crippen LogP contribution < -0.4 is 10.1 Å². The molecule has 1 amide bonds. The second kappa shape index (κ2) is 8.62. The van der Waals surface area contributed by atoms with Gasteiger partial charge in [0.1, 0.15) is 17.4 Å². The SMILES string of the molecule is C#CCn1cc(/C=C(\C#N)C(=O)NCc2ccc(OC)cc2)c2ccccc21. The van der Waals surface area contributed by atoms with E-state index in [-0.39, 0.29) is 5.57 Å². The van der Waals surface area contributed by atoms with E-state index in [4.69, 9.17) is 11.2 Å². The van der Waals surface area contributed by atoms with Gasteiger partial charge in [-0.15, -0.1) is 6.42 Å². The van der Waals surface area contributed by atoms with E-state index in [0.717, 1.165) is 27.8 Å². The number of carbonyl (C=O) groups is 1. The summed E-state index contributed by atoms with van der Waals surface area (Å²) in [6, 6.07) is 17.1. The molecule has 0 saturated carbocycles. The lowest BCUT2D eigenvalue weighted by atomic mass is 10.1. The van der Waals surface area contributed by atoms with Gasteiger partial charge in [0, 0.05) is 29.2 Å². The number of nitrogens with one attached hydrogen (secondary N) is 1. The number of ether oxygens (including phenoxy) is 1. The van der Waals surface area contributed by atoms with Crippen molar-refractivity contribution < 1.29 is 9.53 Å². The van der Waals surface area contributed by atoms with Gasteiger partial charge in [0.25, 0.3) is 5.91 Å². The maximum absolute atomic E-state index is 12.5. The van der Waals surface area contributed by atoms with Gasteiger partial charge in [0.2, 0.25) is 0 Å². The highest BCUT2D eigenvalue weighted by Crippen LogP contribution is 2.23. The highest BCUT2D eigenvalue weighted by molar-refractivity contribution is 6.04. The van der Waals surface area contributed by atoms with Crippen molar-refractivity contribution in [3.05, 3.63) is 71.4 Å². The van der Waals surface area contributed by atoms with Gasteiger partial charge in [-0.2, -0.15) is 5.26 Å². The second-order valence-electron chi connectivity index (χ2n) is 6.13. The topological polar surface area (TPSA) is 67.0 Å². The van der Waals surface area contributed by atoms with Crippen LogP contribution in [-0.4, -0.2) is 17.6 Å². The Labute approximate surface area is 163 Å². The number of carbonyl (C=O) groups excluding carboxylic acids is 1. The number of methoxy groups -OCH3 is 1. The molecule has 5 nitrogen and oxygen atoms in total. The number of terminal acetylenes is 1. The Hall–Kier alpha value is -3.96. The number of nitriles is 1. The number of nitrogens with zero attached hydrogens (tertiary/aromatic N) is 2. The molecule has 0 aliphatic rings. The van der Waals surface area contributed by atoms with Crippen LogP contribution in [0.25, 0.3) is 17.0 Å². The number of para-hydroxylation sites is 1. The van der Waals surface area contributed by atoms with Crippen LogP contribution in [0.4, 0.5) is 0 Å². The van der Waals surface area contributed by atoms with E-state index in [9.17, 15) is 10.1 Å². The maximum atomic E-state index is 12.5. The van der Waals surface area contributed by atoms with Gasteiger partial charge in [-0.3, -0.25) is 4.79 Å². The molecule has 0 bridgehead atoms. The van der Waals surface area contributed by atoms with E-state index >= 15 is 0 Å². The van der Waals surface area contributed by atoms with Crippen LogP contribution in [0.2, 0.25) is 0 Å². The minimum atomic E-state index is -0.424. The third-order valence-electron chi connectivity index (χ3n) is 4.36. The van der Waals surface area contributed by atoms with Crippen LogP contribution in [0.5, 0.6) is 5.75 Å². The van der Waals surface area contributed by atoms with Crippen molar-refractivity contribution in [1.82, 2.24) is 9.88 Å². The molecular formula is C23H19N3O2. The molecule has 0 aliphatic carbocycles. The average molecular weight is 369 g/mol. The van der Waals surface area contributed by atoms with Crippen LogP contribution in [0.1, 0.15) is 11.1 Å². The van der Waals surface area contributed by atoms with E-state index < -0.39 is 5.91 Å². The summed E-state index contributed by atoms with van der Waals surface area (Å²) in [7, 11) is 1.60. The third-order valence-corrected chi connectivity index (χ3v) is 4.36. The first kappa shape index (κ1) is 18.8. The standard InChI is InChI=1S/C23H19N3O2/c1-3-12-26-16-19(21-6-4-5-7-22(21)26)13-18(14-24)23(27)25-15-17-8-10-20(28-2)11-9-17/h1,4-11,13,16H,12,15H2,2H3,(H,25,27)/b18-13+.